The van der Waals surface area contributed by atoms with Crippen LogP contribution < -0.4 is 15.0 Å². The minimum atomic E-state index is -0.278. The zero-order chi connectivity index (χ0) is 26.6. The molecular weight excluding hydrogens is 480 g/mol. The van der Waals surface area contributed by atoms with Gasteiger partial charge in [-0.2, -0.15) is 10.2 Å². The number of carbonyl (C=O) groups excluding carboxylic acids is 1. The first kappa shape index (κ1) is 26.5. The van der Waals surface area contributed by atoms with Gasteiger partial charge in [0.2, 0.25) is 5.91 Å². The Morgan fingerprint density at radius 2 is 2.03 bits per heavy atom. The van der Waals surface area contributed by atoms with Crippen molar-refractivity contribution in [2.24, 2.45) is 11.8 Å². The Bertz CT molecular complexity index is 1150. The number of piperidine rings is 1. The number of anilines is 1. The Labute approximate surface area is 225 Å². The number of benzene rings is 1. The third kappa shape index (κ3) is 5.80. The summed E-state index contributed by atoms with van der Waals surface area (Å²) in [5.41, 5.74) is 2.37. The second kappa shape index (κ2) is 11.7. The largest absolute Gasteiger partial charge is 0.494 e. The molecule has 204 valence electrons. The summed E-state index contributed by atoms with van der Waals surface area (Å²) >= 11 is 0. The number of hydrogen-bond donors (Lipinski definition) is 1. The predicted molar refractivity (Wildman–Crippen MR) is 144 cm³/mol. The molecule has 2 fully saturated rings. The van der Waals surface area contributed by atoms with Gasteiger partial charge < -0.3 is 24.4 Å². The molecule has 5 rings (SSSR count). The first-order valence-electron chi connectivity index (χ1n) is 14.2. The monoisotopic (exact) mass is 520 g/mol. The molecular formula is C29H40N6O3. The Hall–Kier alpha value is -3.12. The lowest BCUT2D eigenvalue weighted by Gasteiger charge is -2.33. The minimum Gasteiger partial charge on any atom is -0.494 e. The third-order valence-corrected chi connectivity index (χ3v) is 8.53. The second-order valence-electron chi connectivity index (χ2n) is 11.4. The first-order chi connectivity index (χ1) is 18.4. The maximum absolute atomic E-state index is 13.0. The van der Waals surface area contributed by atoms with Crippen LogP contribution in [0.2, 0.25) is 0 Å². The molecule has 1 N–H and O–H groups in total. The number of amides is 1. The van der Waals surface area contributed by atoms with Gasteiger partial charge in [-0.05, 0) is 73.6 Å². The van der Waals surface area contributed by atoms with Crippen molar-refractivity contribution < 1.29 is 14.1 Å². The predicted octanol–water partition coefficient (Wildman–Crippen LogP) is 4.04. The summed E-state index contributed by atoms with van der Waals surface area (Å²) in [5.74, 6) is 3.24. The maximum atomic E-state index is 13.0. The van der Waals surface area contributed by atoms with Gasteiger partial charge >= 0.3 is 6.01 Å². The molecule has 9 heteroatoms. The molecule has 1 amide bonds. The molecule has 2 saturated heterocycles. The van der Waals surface area contributed by atoms with Crippen LogP contribution in [-0.4, -0.2) is 59.3 Å². The fourth-order valence-corrected chi connectivity index (χ4v) is 5.97. The van der Waals surface area contributed by atoms with Gasteiger partial charge in [0.05, 0.1) is 18.7 Å². The molecule has 0 aliphatic carbocycles. The van der Waals surface area contributed by atoms with E-state index in [1.807, 2.05) is 6.07 Å². The molecule has 0 spiro atoms. The van der Waals surface area contributed by atoms with Gasteiger partial charge in [0.15, 0.2) is 5.82 Å². The van der Waals surface area contributed by atoms with Gasteiger partial charge in [-0.1, -0.05) is 32.0 Å². The van der Waals surface area contributed by atoms with Crippen LogP contribution in [0.3, 0.4) is 0 Å². The number of aromatic nitrogens is 2. The van der Waals surface area contributed by atoms with Crippen LogP contribution >= 0.6 is 0 Å². The lowest BCUT2D eigenvalue weighted by molar-refractivity contribution is -0.133. The Balaban J connectivity index is 1.06. The van der Waals surface area contributed by atoms with Crippen LogP contribution in [0.25, 0.3) is 0 Å². The van der Waals surface area contributed by atoms with E-state index in [2.05, 4.69) is 59.3 Å². The molecule has 1 aromatic carbocycles. The van der Waals surface area contributed by atoms with E-state index in [1.54, 1.807) is 4.90 Å². The molecule has 3 aliphatic rings. The molecule has 2 aromatic rings. The first-order valence-corrected chi connectivity index (χ1v) is 14.2. The van der Waals surface area contributed by atoms with Crippen molar-refractivity contribution in [2.45, 2.75) is 83.8 Å². The third-order valence-electron chi connectivity index (χ3n) is 8.53. The van der Waals surface area contributed by atoms with E-state index >= 15 is 0 Å². The summed E-state index contributed by atoms with van der Waals surface area (Å²) in [7, 11) is 0. The van der Waals surface area contributed by atoms with E-state index in [-0.39, 0.29) is 23.9 Å². The number of ether oxygens (including phenoxy) is 1. The average Bonchev–Trinajstić information content (AvgIpc) is 3.63. The van der Waals surface area contributed by atoms with Crippen molar-refractivity contribution in [1.29, 1.82) is 5.26 Å². The molecule has 3 atom stereocenters. The number of hydrogen-bond acceptors (Lipinski definition) is 8. The summed E-state index contributed by atoms with van der Waals surface area (Å²) in [6, 6.07) is 8.62. The van der Waals surface area contributed by atoms with Crippen LogP contribution in [0.5, 0.6) is 5.75 Å². The standard InChI is InChI=1S/C29H40N6O3/c1-19(2)27-32-29(38-33-27)34-12-8-21(9-13-34)20(3)10-14-37-25-7-6-22-16-26(31-18-23(22)15-25)28(36)35-11-4-5-24(35)17-30/h6-7,15,19-21,24,26,31H,4-5,8-14,16,18H2,1-3H3/t20-,24?,26+/m1/s1. The molecule has 3 aliphatic heterocycles. The Morgan fingerprint density at radius 1 is 1.21 bits per heavy atom. The van der Waals surface area contributed by atoms with Crippen LogP contribution in [-0.2, 0) is 17.8 Å². The number of nitriles is 1. The van der Waals surface area contributed by atoms with Gasteiger partial charge in [0, 0.05) is 32.1 Å². The Kier molecular flexibility index (Phi) is 8.18. The normalized spacial score (nSPS) is 22.8. The van der Waals surface area contributed by atoms with E-state index in [0.29, 0.717) is 44.0 Å². The summed E-state index contributed by atoms with van der Waals surface area (Å²) in [6.07, 6.45) is 5.61. The number of carbonyl (C=O) groups is 1. The van der Waals surface area contributed by atoms with E-state index < -0.39 is 0 Å². The quantitative estimate of drug-likeness (QED) is 0.556. The molecule has 4 heterocycles. The van der Waals surface area contributed by atoms with Crippen LogP contribution in [0, 0.1) is 23.2 Å². The average molecular weight is 521 g/mol. The highest BCUT2D eigenvalue weighted by Gasteiger charge is 2.34. The molecule has 1 aromatic heterocycles. The maximum Gasteiger partial charge on any atom is 0.324 e. The van der Waals surface area contributed by atoms with E-state index in [1.165, 1.54) is 11.1 Å². The fraction of sp³-hybridized carbons (Fsp3) is 0.655. The van der Waals surface area contributed by atoms with Crippen molar-refractivity contribution in [1.82, 2.24) is 20.4 Å². The van der Waals surface area contributed by atoms with Crippen LogP contribution in [0.15, 0.2) is 22.7 Å². The highest BCUT2D eigenvalue weighted by molar-refractivity contribution is 5.83. The van der Waals surface area contributed by atoms with E-state index in [4.69, 9.17) is 9.26 Å². The summed E-state index contributed by atoms with van der Waals surface area (Å²) in [4.78, 5) is 21.5. The lowest BCUT2D eigenvalue weighted by Crippen LogP contribution is -2.50. The number of likely N-dealkylation sites (tertiary alicyclic amines) is 1. The highest BCUT2D eigenvalue weighted by atomic mass is 16.5. The number of nitrogens with zero attached hydrogens (tertiary/aromatic N) is 5. The minimum absolute atomic E-state index is 0.0530. The van der Waals surface area contributed by atoms with Crippen molar-refractivity contribution in [2.75, 3.05) is 31.1 Å². The molecule has 9 nitrogen and oxygen atoms in total. The van der Waals surface area contributed by atoms with Gasteiger partial charge in [0.25, 0.3) is 0 Å². The fourth-order valence-electron chi connectivity index (χ4n) is 5.97. The second-order valence-corrected chi connectivity index (χ2v) is 11.4. The zero-order valence-electron chi connectivity index (χ0n) is 22.9. The molecule has 38 heavy (non-hydrogen) atoms. The zero-order valence-corrected chi connectivity index (χ0v) is 22.9. The Morgan fingerprint density at radius 3 is 2.76 bits per heavy atom. The van der Waals surface area contributed by atoms with Crippen molar-refractivity contribution in [3.8, 4) is 11.8 Å². The number of rotatable bonds is 8. The van der Waals surface area contributed by atoms with Gasteiger partial charge in [-0.3, -0.25) is 4.79 Å². The molecule has 0 bridgehead atoms. The van der Waals surface area contributed by atoms with E-state index in [9.17, 15) is 10.1 Å². The molecule has 1 unspecified atom stereocenters. The van der Waals surface area contributed by atoms with Gasteiger partial charge in [-0.25, -0.2) is 0 Å². The van der Waals surface area contributed by atoms with Crippen molar-refractivity contribution in [3.05, 3.63) is 35.2 Å². The highest BCUT2D eigenvalue weighted by Crippen LogP contribution is 2.30. The summed E-state index contributed by atoms with van der Waals surface area (Å²) in [6.45, 7) is 10.4. The van der Waals surface area contributed by atoms with E-state index in [0.717, 1.165) is 56.8 Å². The summed E-state index contributed by atoms with van der Waals surface area (Å²) < 4.78 is 11.6. The molecule has 0 saturated carbocycles. The topological polar surface area (TPSA) is 108 Å². The van der Waals surface area contributed by atoms with Crippen LogP contribution in [0.4, 0.5) is 6.01 Å². The SMILES string of the molecule is CC(C)c1noc(N2CCC([C@H](C)CCOc3ccc4c(c3)CN[C@H](C(=O)N3CCCC3C#N)C4)CC2)n1. The van der Waals surface area contributed by atoms with Crippen molar-refractivity contribution >= 4 is 11.9 Å². The van der Waals surface area contributed by atoms with Crippen LogP contribution in [0.1, 0.15) is 75.7 Å². The number of fused-ring (bicyclic) bond motifs is 1. The summed E-state index contributed by atoms with van der Waals surface area (Å²) in [5, 5.41) is 16.8. The lowest BCUT2D eigenvalue weighted by atomic mass is 9.84. The number of nitrogens with one attached hydrogen (secondary N) is 1. The smallest absolute Gasteiger partial charge is 0.324 e. The van der Waals surface area contributed by atoms with Crippen molar-refractivity contribution in [3.63, 3.8) is 0 Å². The van der Waals surface area contributed by atoms with Gasteiger partial charge in [0.1, 0.15) is 11.8 Å². The molecule has 0 radical (unpaired) electrons. The van der Waals surface area contributed by atoms with Gasteiger partial charge in [-0.15, -0.1) is 0 Å².